The lowest BCUT2D eigenvalue weighted by atomic mass is 10.1. The van der Waals surface area contributed by atoms with Gasteiger partial charge in [0.05, 0.1) is 19.1 Å². The van der Waals surface area contributed by atoms with E-state index < -0.39 is 5.97 Å². The Morgan fingerprint density at radius 2 is 2.00 bits per heavy atom. The van der Waals surface area contributed by atoms with Crippen molar-refractivity contribution in [2.75, 3.05) is 6.61 Å². The molecule has 0 aromatic heterocycles. The average Bonchev–Trinajstić information content (AvgIpc) is 3.01. The van der Waals surface area contributed by atoms with E-state index in [2.05, 4.69) is 13.0 Å². The number of rotatable bonds is 11. The van der Waals surface area contributed by atoms with Gasteiger partial charge in [-0.05, 0) is 24.5 Å². The first-order chi connectivity index (χ1) is 8.24. The molecular weight excluding hydrogens is 216 g/mol. The molecular formula is C14H24O3. The number of ether oxygens (including phenoxy) is 1. The van der Waals surface area contributed by atoms with Crippen LogP contribution in [-0.2, 0) is 9.53 Å². The van der Waals surface area contributed by atoms with Gasteiger partial charge in [0.1, 0.15) is 0 Å². The van der Waals surface area contributed by atoms with Gasteiger partial charge in [0.2, 0.25) is 0 Å². The first kappa shape index (κ1) is 14.2. The summed E-state index contributed by atoms with van der Waals surface area (Å²) in [7, 11) is 0. The second-order valence-corrected chi connectivity index (χ2v) is 4.69. The first-order valence-electron chi connectivity index (χ1n) is 6.78. The fourth-order valence-corrected chi connectivity index (χ4v) is 1.91. The van der Waals surface area contributed by atoms with Crippen LogP contribution in [0.15, 0.2) is 11.6 Å². The molecule has 1 rings (SSSR count). The summed E-state index contributed by atoms with van der Waals surface area (Å²) in [5.74, 6) is -0.789. The lowest BCUT2D eigenvalue weighted by Gasteiger charge is -2.02. The van der Waals surface area contributed by atoms with Crippen molar-refractivity contribution in [2.24, 2.45) is 0 Å². The maximum atomic E-state index is 10.3. The van der Waals surface area contributed by atoms with Crippen molar-refractivity contribution in [3.63, 3.8) is 0 Å². The van der Waals surface area contributed by atoms with Crippen LogP contribution in [0.5, 0.6) is 0 Å². The molecule has 0 aromatic rings. The Labute approximate surface area is 104 Å². The second-order valence-electron chi connectivity index (χ2n) is 4.69. The monoisotopic (exact) mass is 240 g/mol. The smallest absolute Gasteiger partial charge is 0.305 e. The second kappa shape index (κ2) is 8.29. The van der Waals surface area contributed by atoms with Gasteiger partial charge in [-0.1, -0.05) is 39.0 Å². The van der Waals surface area contributed by atoms with E-state index in [1.165, 1.54) is 44.1 Å². The van der Waals surface area contributed by atoms with Gasteiger partial charge in [0.25, 0.3) is 0 Å². The third kappa shape index (κ3) is 7.16. The predicted octanol–water partition coefficient (Wildman–Crippen LogP) is 3.54. The molecule has 0 saturated carbocycles. The van der Waals surface area contributed by atoms with Crippen molar-refractivity contribution in [1.29, 1.82) is 0 Å². The maximum absolute atomic E-state index is 10.3. The molecule has 0 saturated heterocycles. The summed E-state index contributed by atoms with van der Waals surface area (Å²) in [4.78, 5) is 10.3. The number of unbranched alkanes of at least 4 members (excludes halogenated alkanes) is 5. The van der Waals surface area contributed by atoms with Gasteiger partial charge >= 0.3 is 5.97 Å². The van der Waals surface area contributed by atoms with E-state index in [4.69, 9.17) is 9.84 Å². The van der Waals surface area contributed by atoms with Crippen LogP contribution in [0.3, 0.4) is 0 Å². The van der Waals surface area contributed by atoms with Gasteiger partial charge in [-0.2, -0.15) is 0 Å². The van der Waals surface area contributed by atoms with E-state index in [1.54, 1.807) is 0 Å². The van der Waals surface area contributed by atoms with Crippen molar-refractivity contribution in [1.82, 2.24) is 0 Å². The minimum Gasteiger partial charge on any atom is -0.481 e. The summed E-state index contributed by atoms with van der Waals surface area (Å²) in [6.45, 7) is 2.56. The van der Waals surface area contributed by atoms with Crippen LogP contribution >= 0.6 is 0 Å². The highest BCUT2D eigenvalue weighted by Gasteiger charge is 2.24. The van der Waals surface area contributed by atoms with E-state index >= 15 is 0 Å². The minimum absolute atomic E-state index is 0.106. The zero-order chi connectivity index (χ0) is 12.5. The Balaban J connectivity index is 1.84. The summed E-state index contributed by atoms with van der Waals surface area (Å²) in [6, 6.07) is 0. The van der Waals surface area contributed by atoms with Crippen LogP contribution in [0.4, 0.5) is 0 Å². The van der Waals surface area contributed by atoms with Crippen LogP contribution in [0.2, 0.25) is 0 Å². The normalized spacial score (nSPS) is 17.9. The number of carbonyl (C=O) groups is 1. The standard InChI is InChI=1S/C14H24O3/c1-2-3-4-5-6-7-8-12-11-13(12)17-10-9-14(15)16/h11,13H,2-10H2,1H3,(H,15,16). The third-order valence-corrected chi connectivity index (χ3v) is 3.05. The van der Waals surface area contributed by atoms with Crippen molar-refractivity contribution in [3.8, 4) is 0 Å². The third-order valence-electron chi connectivity index (χ3n) is 3.05. The summed E-state index contributed by atoms with van der Waals surface area (Å²) in [5.41, 5.74) is 1.37. The lowest BCUT2D eigenvalue weighted by molar-refractivity contribution is -0.138. The Morgan fingerprint density at radius 1 is 1.29 bits per heavy atom. The molecule has 3 nitrogen and oxygen atoms in total. The largest absolute Gasteiger partial charge is 0.481 e. The van der Waals surface area contributed by atoms with Crippen molar-refractivity contribution in [3.05, 3.63) is 11.6 Å². The predicted molar refractivity (Wildman–Crippen MR) is 68.1 cm³/mol. The molecule has 1 N–H and O–H groups in total. The summed E-state index contributed by atoms with van der Waals surface area (Å²) < 4.78 is 5.40. The Hall–Kier alpha value is -0.830. The van der Waals surface area contributed by atoms with Crippen molar-refractivity contribution < 1.29 is 14.6 Å². The quantitative estimate of drug-likeness (QED) is 0.444. The average molecular weight is 240 g/mol. The number of carboxylic acids is 1. The van der Waals surface area contributed by atoms with Crippen LogP contribution in [-0.4, -0.2) is 23.8 Å². The summed E-state index contributed by atoms with van der Waals surface area (Å²) >= 11 is 0. The molecule has 0 spiro atoms. The van der Waals surface area contributed by atoms with Gasteiger partial charge in [-0.3, -0.25) is 4.79 Å². The Kier molecular flexibility index (Phi) is 6.94. The number of aliphatic carboxylic acids is 1. The van der Waals surface area contributed by atoms with Crippen LogP contribution < -0.4 is 0 Å². The van der Waals surface area contributed by atoms with E-state index in [9.17, 15) is 4.79 Å². The molecule has 0 fully saturated rings. The molecule has 98 valence electrons. The molecule has 17 heavy (non-hydrogen) atoms. The molecule has 0 aliphatic heterocycles. The van der Waals surface area contributed by atoms with E-state index in [0.717, 1.165) is 6.42 Å². The van der Waals surface area contributed by atoms with Gasteiger partial charge in [-0.25, -0.2) is 0 Å². The zero-order valence-electron chi connectivity index (χ0n) is 10.8. The maximum Gasteiger partial charge on any atom is 0.305 e. The van der Waals surface area contributed by atoms with Crippen molar-refractivity contribution >= 4 is 5.97 Å². The van der Waals surface area contributed by atoms with Gasteiger partial charge in [0, 0.05) is 0 Å². The summed E-state index contributed by atoms with van der Waals surface area (Å²) in [5, 5.41) is 8.46. The van der Waals surface area contributed by atoms with Crippen molar-refractivity contribution in [2.45, 2.75) is 64.4 Å². The molecule has 1 unspecified atom stereocenters. The number of hydrogen-bond acceptors (Lipinski definition) is 2. The zero-order valence-corrected chi connectivity index (χ0v) is 10.8. The molecule has 0 radical (unpaired) electrons. The Bertz CT molecular complexity index is 258. The molecule has 0 bridgehead atoms. The van der Waals surface area contributed by atoms with E-state index in [0.29, 0.717) is 6.61 Å². The van der Waals surface area contributed by atoms with Gasteiger partial charge in [0.15, 0.2) is 0 Å². The highest BCUT2D eigenvalue weighted by molar-refractivity contribution is 5.66. The minimum atomic E-state index is -0.789. The van der Waals surface area contributed by atoms with Crippen LogP contribution in [0.1, 0.15) is 58.3 Å². The number of carboxylic acid groups (broad SMARTS) is 1. The van der Waals surface area contributed by atoms with E-state index in [-0.39, 0.29) is 12.5 Å². The SMILES string of the molecule is CCCCCCCCC1=CC1OCCC(=O)O. The molecule has 1 aliphatic rings. The topological polar surface area (TPSA) is 46.5 Å². The van der Waals surface area contributed by atoms with Crippen LogP contribution in [0, 0.1) is 0 Å². The molecule has 3 heteroatoms. The molecule has 0 aromatic carbocycles. The summed E-state index contributed by atoms with van der Waals surface area (Å²) in [6.07, 6.45) is 11.4. The fraction of sp³-hybridized carbons (Fsp3) is 0.786. The molecule has 1 atom stereocenters. The Morgan fingerprint density at radius 3 is 2.71 bits per heavy atom. The first-order valence-corrected chi connectivity index (χ1v) is 6.78. The highest BCUT2D eigenvalue weighted by atomic mass is 16.5. The number of hydrogen-bond donors (Lipinski definition) is 1. The van der Waals surface area contributed by atoms with Gasteiger partial charge < -0.3 is 9.84 Å². The highest BCUT2D eigenvalue weighted by Crippen LogP contribution is 2.29. The van der Waals surface area contributed by atoms with Crippen LogP contribution in [0.25, 0.3) is 0 Å². The fourth-order valence-electron chi connectivity index (χ4n) is 1.91. The van der Waals surface area contributed by atoms with Gasteiger partial charge in [-0.15, -0.1) is 0 Å². The van der Waals surface area contributed by atoms with E-state index in [1.807, 2.05) is 0 Å². The molecule has 0 amide bonds. The molecule has 1 aliphatic carbocycles. The lowest BCUT2D eigenvalue weighted by Crippen LogP contribution is -2.05. The molecule has 0 heterocycles.